The molecule has 0 radical (unpaired) electrons. The van der Waals surface area contributed by atoms with E-state index in [1.165, 1.54) is 6.42 Å². The molecule has 98 valence electrons. The molecule has 0 spiro atoms. The van der Waals surface area contributed by atoms with E-state index in [-0.39, 0.29) is 16.0 Å². The summed E-state index contributed by atoms with van der Waals surface area (Å²) in [6.45, 7) is 4.15. The largest absolute Gasteiger partial charge is 0.330 e. The highest BCUT2D eigenvalue weighted by Gasteiger charge is 2.37. The summed E-state index contributed by atoms with van der Waals surface area (Å²) in [7, 11) is 0. The van der Waals surface area contributed by atoms with Crippen molar-refractivity contribution in [3.63, 3.8) is 0 Å². The van der Waals surface area contributed by atoms with E-state index >= 15 is 0 Å². The summed E-state index contributed by atoms with van der Waals surface area (Å²) in [6.07, 6.45) is 5.77. The minimum atomic E-state index is -0.314. The number of nitrogens with two attached hydrogens (primary N) is 1. The highest BCUT2D eigenvalue weighted by Crippen LogP contribution is 2.43. The molecular formula is C13H19N3O2. The van der Waals surface area contributed by atoms with Crippen LogP contribution in [-0.4, -0.2) is 16.5 Å². The second-order valence-electron chi connectivity index (χ2n) is 5.35. The standard InChI is InChI=1S/C13H19N3O2/c1-9-7-15-11(10(2)12(9)16(17)18)6-13(8-14)4-3-5-13/h7H,3-6,8,14H2,1-2H3. The second kappa shape index (κ2) is 4.65. The Labute approximate surface area is 107 Å². The van der Waals surface area contributed by atoms with Crippen LogP contribution < -0.4 is 5.73 Å². The molecule has 0 saturated heterocycles. The van der Waals surface area contributed by atoms with E-state index in [9.17, 15) is 10.1 Å². The lowest BCUT2D eigenvalue weighted by Gasteiger charge is -2.41. The number of nitrogens with zero attached hydrogens (tertiary/aromatic N) is 2. The maximum Gasteiger partial charge on any atom is 0.278 e. The quantitative estimate of drug-likeness (QED) is 0.655. The number of hydrogen-bond acceptors (Lipinski definition) is 4. The number of hydrogen-bond donors (Lipinski definition) is 1. The molecule has 0 amide bonds. The van der Waals surface area contributed by atoms with Gasteiger partial charge in [-0.3, -0.25) is 15.1 Å². The molecule has 0 bridgehead atoms. The molecule has 1 heterocycles. The molecule has 2 rings (SSSR count). The van der Waals surface area contributed by atoms with Gasteiger partial charge in [0.1, 0.15) is 0 Å². The summed E-state index contributed by atoms with van der Waals surface area (Å²) in [4.78, 5) is 15.1. The molecule has 5 nitrogen and oxygen atoms in total. The molecule has 0 unspecified atom stereocenters. The lowest BCUT2D eigenvalue weighted by molar-refractivity contribution is -0.386. The molecule has 2 N–H and O–H groups in total. The van der Waals surface area contributed by atoms with Crippen molar-refractivity contribution in [2.45, 2.75) is 39.5 Å². The Morgan fingerprint density at radius 2 is 2.17 bits per heavy atom. The Morgan fingerprint density at radius 3 is 2.61 bits per heavy atom. The van der Waals surface area contributed by atoms with Crippen molar-refractivity contribution >= 4 is 5.69 Å². The van der Waals surface area contributed by atoms with Gasteiger partial charge in [0.25, 0.3) is 5.69 Å². The van der Waals surface area contributed by atoms with Gasteiger partial charge >= 0.3 is 0 Å². The van der Waals surface area contributed by atoms with E-state index in [1.54, 1.807) is 20.0 Å². The van der Waals surface area contributed by atoms with Gasteiger partial charge in [0.2, 0.25) is 0 Å². The molecule has 1 aliphatic rings. The predicted octanol–water partition coefficient (Wildman–Crippen LogP) is 2.28. The summed E-state index contributed by atoms with van der Waals surface area (Å²) in [6, 6.07) is 0. The van der Waals surface area contributed by atoms with Crippen molar-refractivity contribution in [3.8, 4) is 0 Å². The first kappa shape index (κ1) is 13.0. The molecule has 1 fully saturated rings. The van der Waals surface area contributed by atoms with Crippen LogP contribution in [0.2, 0.25) is 0 Å². The van der Waals surface area contributed by atoms with E-state index in [4.69, 9.17) is 5.73 Å². The van der Waals surface area contributed by atoms with Crippen LogP contribution in [0.3, 0.4) is 0 Å². The van der Waals surface area contributed by atoms with Gasteiger partial charge < -0.3 is 5.73 Å². The number of pyridine rings is 1. The minimum absolute atomic E-state index is 0.126. The molecule has 0 atom stereocenters. The van der Waals surface area contributed by atoms with E-state index in [0.29, 0.717) is 17.7 Å². The number of aromatic nitrogens is 1. The molecular weight excluding hydrogens is 230 g/mol. The zero-order chi connectivity index (χ0) is 13.3. The van der Waals surface area contributed by atoms with Gasteiger partial charge in [-0.15, -0.1) is 0 Å². The maximum atomic E-state index is 11.1. The summed E-state index contributed by atoms with van der Waals surface area (Å²) < 4.78 is 0. The summed E-state index contributed by atoms with van der Waals surface area (Å²) in [5.74, 6) is 0. The number of aryl methyl sites for hydroxylation is 1. The smallest absolute Gasteiger partial charge is 0.278 e. The monoisotopic (exact) mass is 249 g/mol. The zero-order valence-corrected chi connectivity index (χ0v) is 10.9. The van der Waals surface area contributed by atoms with Crippen molar-refractivity contribution in [1.82, 2.24) is 4.98 Å². The van der Waals surface area contributed by atoms with Gasteiger partial charge in [-0.25, -0.2) is 0 Å². The van der Waals surface area contributed by atoms with Crippen LogP contribution >= 0.6 is 0 Å². The Hall–Kier alpha value is -1.49. The van der Waals surface area contributed by atoms with Crippen molar-refractivity contribution in [3.05, 3.63) is 33.1 Å². The third-order valence-corrected chi connectivity index (χ3v) is 4.15. The van der Waals surface area contributed by atoms with Gasteiger partial charge in [-0.1, -0.05) is 6.42 Å². The van der Waals surface area contributed by atoms with Crippen LogP contribution in [-0.2, 0) is 6.42 Å². The maximum absolute atomic E-state index is 11.1. The van der Waals surface area contributed by atoms with Crippen molar-refractivity contribution in [2.24, 2.45) is 11.1 Å². The first-order chi connectivity index (χ1) is 8.49. The van der Waals surface area contributed by atoms with Crippen LogP contribution in [0.5, 0.6) is 0 Å². The summed E-state index contributed by atoms with van der Waals surface area (Å²) in [5, 5.41) is 11.1. The average molecular weight is 249 g/mol. The van der Waals surface area contributed by atoms with Crippen molar-refractivity contribution in [2.75, 3.05) is 6.54 Å². The van der Waals surface area contributed by atoms with E-state index in [0.717, 1.165) is 25.0 Å². The fourth-order valence-electron chi connectivity index (χ4n) is 2.71. The van der Waals surface area contributed by atoms with Gasteiger partial charge in [0, 0.05) is 17.3 Å². The number of rotatable bonds is 4. The molecule has 0 aromatic carbocycles. The number of nitro groups is 1. The lowest BCUT2D eigenvalue weighted by atomic mass is 9.66. The lowest BCUT2D eigenvalue weighted by Crippen LogP contribution is -2.39. The Kier molecular flexibility index (Phi) is 3.34. The van der Waals surface area contributed by atoms with Crippen molar-refractivity contribution < 1.29 is 4.92 Å². The summed E-state index contributed by atoms with van der Waals surface area (Å²) in [5.41, 5.74) is 8.31. The van der Waals surface area contributed by atoms with Crippen LogP contribution in [0.25, 0.3) is 0 Å². The first-order valence-electron chi connectivity index (χ1n) is 6.29. The SMILES string of the molecule is Cc1cnc(CC2(CN)CCC2)c(C)c1[N+](=O)[O-]. The Balaban J connectivity index is 2.34. The van der Waals surface area contributed by atoms with Crippen LogP contribution in [0, 0.1) is 29.4 Å². The van der Waals surface area contributed by atoms with E-state index < -0.39 is 0 Å². The second-order valence-corrected chi connectivity index (χ2v) is 5.35. The van der Waals surface area contributed by atoms with Gasteiger partial charge in [-0.05, 0) is 45.1 Å². The van der Waals surface area contributed by atoms with Gasteiger partial charge in [0.15, 0.2) is 0 Å². The fraction of sp³-hybridized carbons (Fsp3) is 0.615. The Bertz CT molecular complexity index is 476. The Morgan fingerprint density at radius 1 is 1.50 bits per heavy atom. The van der Waals surface area contributed by atoms with E-state index in [2.05, 4.69) is 4.98 Å². The van der Waals surface area contributed by atoms with Crippen LogP contribution in [0.1, 0.15) is 36.1 Å². The van der Waals surface area contributed by atoms with Crippen molar-refractivity contribution in [1.29, 1.82) is 0 Å². The highest BCUT2D eigenvalue weighted by atomic mass is 16.6. The minimum Gasteiger partial charge on any atom is -0.330 e. The fourth-order valence-corrected chi connectivity index (χ4v) is 2.71. The third kappa shape index (κ3) is 2.10. The molecule has 1 aliphatic carbocycles. The molecule has 18 heavy (non-hydrogen) atoms. The third-order valence-electron chi connectivity index (χ3n) is 4.15. The summed E-state index contributed by atoms with van der Waals surface area (Å²) >= 11 is 0. The average Bonchev–Trinajstić information content (AvgIpc) is 2.26. The first-order valence-corrected chi connectivity index (χ1v) is 6.29. The molecule has 1 aromatic rings. The zero-order valence-electron chi connectivity index (χ0n) is 10.9. The van der Waals surface area contributed by atoms with Crippen LogP contribution in [0.15, 0.2) is 6.20 Å². The molecule has 5 heteroatoms. The molecule has 1 aromatic heterocycles. The van der Waals surface area contributed by atoms with Crippen LogP contribution in [0.4, 0.5) is 5.69 Å². The topological polar surface area (TPSA) is 82.0 Å². The normalized spacial score (nSPS) is 17.3. The van der Waals surface area contributed by atoms with E-state index in [1.807, 2.05) is 0 Å². The van der Waals surface area contributed by atoms with Gasteiger partial charge in [-0.2, -0.15) is 0 Å². The molecule has 1 saturated carbocycles. The molecule has 0 aliphatic heterocycles. The van der Waals surface area contributed by atoms with Gasteiger partial charge in [0.05, 0.1) is 10.6 Å². The highest BCUT2D eigenvalue weighted by molar-refractivity contribution is 5.47. The predicted molar refractivity (Wildman–Crippen MR) is 69.4 cm³/mol.